The summed E-state index contributed by atoms with van der Waals surface area (Å²) in [5, 5.41) is 6.25. The van der Waals surface area contributed by atoms with Crippen molar-refractivity contribution in [3.05, 3.63) is 70.8 Å². The molecule has 5 nitrogen and oxygen atoms in total. The summed E-state index contributed by atoms with van der Waals surface area (Å²) in [7, 11) is 0. The number of amides is 2. The molecule has 1 aliphatic heterocycles. The van der Waals surface area contributed by atoms with E-state index in [0.29, 0.717) is 16.3 Å². The molecule has 150 valence electrons. The third-order valence-electron chi connectivity index (χ3n) is 4.57. The summed E-state index contributed by atoms with van der Waals surface area (Å²) in [4.78, 5) is 26.6. The van der Waals surface area contributed by atoms with E-state index in [-0.39, 0.29) is 16.9 Å². The molecule has 0 aliphatic carbocycles. The molecule has 0 atom stereocenters. The van der Waals surface area contributed by atoms with Gasteiger partial charge >= 0.3 is 0 Å². The summed E-state index contributed by atoms with van der Waals surface area (Å²) in [6.45, 7) is 1.59. The highest BCUT2D eigenvalue weighted by Gasteiger charge is 2.18. The van der Waals surface area contributed by atoms with E-state index in [9.17, 15) is 9.59 Å². The van der Waals surface area contributed by atoms with Gasteiger partial charge in [0.2, 0.25) is 5.91 Å². The number of anilines is 1. The van der Waals surface area contributed by atoms with Gasteiger partial charge in [-0.15, -0.1) is 0 Å². The van der Waals surface area contributed by atoms with Crippen molar-refractivity contribution in [1.29, 1.82) is 0 Å². The quantitative estimate of drug-likeness (QED) is 0.557. The first-order valence-electron chi connectivity index (χ1n) is 9.47. The second-order valence-corrected chi connectivity index (χ2v) is 7.55. The molecule has 0 aromatic heterocycles. The van der Waals surface area contributed by atoms with Crippen LogP contribution >= 0.6 is 23.8 Å². The molecule has 1 aliphatic rings. The number of nitrogens with zero attached hydrogens (tertiary/aromatic N) is 1. The first kappa shape index (κ1) is 21.0. The number of piperidine rings is 1. The molecular weight excluding hydrogens is 406 g/mol. The van der Waals surface area contributed by atoms with Gasteiger partial charge in [-0.3, -0.25) is 14.9 Å². The van der Waals surface area contributed by atoms with E-state index in [4.69, 9.17) is 23.8 Å². The van der Waals surface area contributed by atoms with Crippen LogP contribution in [-0.2, 0) is 4.79 Å². The van der Waals surface area contributed by atoms with Gasteiger partial charge < -0.3 is 10.2 Å². The molecule has 0 saturated carbocycles. The number of rotatable bonds is 4. The Labute approximate surface area is 180 Å². The van der Waals surface area contributed by atoms with E-state index in [1.54, 1.807) is 36.4 Å². The first-order chi connectivity index (χ1) is 14.0. The van der Waals surface area contributed by atoms with Crippen molar-refractivity contribution in [3.8, 4) is 0 Å². The molecule has 0 radical (unpaired) electrons. The Morgan fingerprint density at radius 2 is 1.79 bits per heavy atom. The molecule has 2 amide bonds. The highest BCUT2D eigenvalue weighted by molar-refractivity contribution is 7.80. The van der Waals surface area contributed by atoms with Gasteiger partial charge in [0, 0.05) is 35.4 Å². The number of halogens is 1. The predicted molar refractivity (Wildman–Crippen MR) is 121 cm³/mol. The van der Waals surface area contributed by atoms with E-state index in [1.165, 1.54) is 12.5 Å². The maximum atomic E-state index is 12.6. The van der Waals surface area contributed by atoms with Crippen molar-refractivity contribution in [2.75, 3.05) is 18.4 Å². The van der Waals surface area contributed by atoms with Crippen molar-refractivity contribution < 1.29 is 9.59 Å². The molecule has 2 N–H and O–H groups in total. The zero-order valence-electron chi connectivity index (χ0n) is 15.9. The smallest absolute Gasteiger partial charge is 0.253 e. The lowest BCUT2D eigenvalue weighted by Gasteiger charge is -2.26. The van der Waals surface area contributed by atoms with Crippen molar-refractivity contribution in [3.63, 3.8) is 0 Å². The van der Waals surface area contributed by atoms with E-state index < -0.39 is 0 Å². The minimum absolute atomic E-state index is 0.0194. The molecule has 0 bridgehead atoms. The fourth-order valence-electron chi connectivity index (χ4n) is 3.10. The molecular formula is C22H22ClN3O2S. The fourth-order valence-corrected chi connectivity index (χ4v) is 3.52. The maximum absolute atomic E-state index is 12.6. The van der Waals surface area contributed by atoms with Gasteiger partial charge in [0.05, 0.1) is 0 Å². The highest BCUT2D eigenvalue weighted by Crippen LogP contribution is 2.17. The molecule has 7 heteroatoms. The number of carbonyl (C=O) groups excluding carboxylic acids is 2. The molecule has 2 aromatic rings. The fraction of sp³-hybridized carbons (Fsp3) is 0.227. The van der Waals surface area contributed by atoms with Crippen LogP contribution in [0.15, 0.2) is 54.6 Å². The largest absolute Gasteiger partial charge is 0.339 e. The molecule has 2 aromatic carbocycles. The van der Waals surface area contributed by atoms with Crippen molar-refractivity contribution in [2.45, 2.75) is 19.3 Å². The minimum Gasteiger partial charge on any atom is -0.339 e. The molecule has 1 heterocycles. The molecule has 29 heavy (non-hydrogen) atoms. The third kappa shape index (κ3) is 6.14. The second kappa shape index (κ2) is 10.2. The van der Waals surface area contributed by atoms with Crippen LogP contribution in [0.2, 0.25) is 5.02 Å². The van der Waals surface area contributed by atoms with Gasteiger partial charge in [-0.05, 0) is 67.4 Å². The van der Waals surface area contributed by atoms with Crippen molar-refractivity contribution in [2.24, 2.45) is 0 Å². The average molecular weight is 428 g/mol. The van der Waals surface area contributed by atoms with Crippen LogP contribution in [0.3, 0.4) is 0 Å². The van der Waals surface area contributed by atoms with Gasteiger partial charge in [0.25, 0.3) is 5.91 Å². The van der Waals surface area contributed by atoms with Crippen molar-refractivity contribution >= 4 is 52.5 Å². The van der Waals surface area contributed by atoms with Gasteiger partial charge in [-0.25, -0.2) is 0 Å². The molecule has 0 spiro atoms. The highest BCUT2D eigenvalue weighted by atomic mass is 35.5. The lowest BCUT2D eigenvalue weighted by atomic mass is 10.1. The van der Waals surface area contributed by atoms with Gasteiger partial charge in [-0.2, -0.15) is 0 Å². The van der Waals surface area contributed by atoms with Crippen LogP contribution in [0.5, 0.6) is 0 Å². The van der Waals surface area contributed by atoms with Gasteiger partial charge in [0.1, 0.15) is 0 Å². The minimum atomic E-state index is -0.372. The number of thiocarbonyl (C=S) groups is 1. The Morgan fingerprint density at radius 1 is 1.03 bits per heavy atom. The monoisotopic (exact) mass is 427 g/mol. The number of benzene rings is 2. The Bertz CT molecular complexity index is 939. The summed E-state index contributed by atoms with van der Waals surface area (Å²) in [5.74, 6) is -0.353. The first-order valence-corrected chi connectivity index (χ1v) is 10.3. The topological polar surface area (TPSA) is 61.4 Å². The summed E-state index contributed by atoms with van der Waals surface area (Å²) < 4.78 is 0. The van der Waals surface area contributed by atoms with Crippen LogP contribution < -0.4 is 10.6 Å². The van der Waals surface area contributed by atoms with E-state index in [0.717, 1.165) is 31.5 Å². The summed E-state index contributed by atoms with van der Waals surface area (Å²) in [6.07, 6.45) is 6.25. The SMILES string of the molecule is O=C(/C=C/c1ccccc1Cl)NC(=S)Nc1cccc(C(=O)N2CCCCC2)c1. The zero-order chi connectivity index (χ0) is 20.6. The van der Waals surface area contributed by atoms with Crippen LogP contribution in [0.1, 0.15) is 35.2 Å². The lowest BCUT2D eigenvalue weighted by Crippen LogP contribution is -2.35. The average Bonchev–Trinajstić information content (AvgIpc) is 2.73. The third-order valence-corrected chi connectivity index (χ3v) is 5.12. The molecule has 0 unspecified atom stereocenters. The standard InChI is InChI=1S/C22H22ClN3O2S/c23-19-10-3-2-7-16(19)11-12-20(27)25-22(29)24-18-9-6-8-17(15-18)21(28)26-13-4-1-5-14-26/h2-3,6-12,15H,1,4-5,13-14H2,(H2,24,25,27,29)/b12-11+. The summed E-state index contributed by atoms with van der Waals surface area (Å²) in [5.41, 5.74) is 1.99. The van der Waals surface area contributed by atoms with Crippen LogP contribution in [-0.4, -0.2) is 34.9 Å². The van der Waals surface area contributed by atoms with Gasteiger partial charge in [-0.1, -0.05) is 35.9 Å². The van der Waals surface area contributed by atoms with Gasteiger partial charge in [0.15, 0.2) is 5.11 Å². The van der Waals surface area contributed by atoms with Crippen LogP contribution in [0.25, 0.3) is 6.08 Å². The normalized spacial score (nSPS) is 13.9. The molecule has 3 rings (SSSR count). The summed E-state index contributed by atoms with van der Waals surface area (Å²) in [6, 6.07) is 14.4. The van der Waals surface area contributed by atoms with Crippen LogP contribution in [0, 0.1) is 0 Å². The number of nitrogens with one attached hydrogen (secondary N) is 2. The summed E-state index contributed by atoms with van der Waals surface area (Å²) >= 11 is 11.3. The molecule has 1 fully saturated rings. The Morgan fingerprint density at radius 3 is 2.55 bits per heavy atom. The zero-order valence-corrected chi connectivity index (χ0v) is 17.4. The second-order valence-electron chi connectivity index (χ2n) is 6.73. The van der Waals surface area contributed by atoms with E-state index >= 15 is 0 Å². The Hall–Kier alpha value is -2.70. The predicted octanol–water partition coefficient (Wildman–Crippen LogP) is 4.49. The maximum Gasteiger partial charge on any atom is 0.253 e. The lowest BCUT2D eigenvalue weighted by molar-refractivity contribution is -0.115. The number of likely N-dealkylation sites (tertiary alicyclic amines) is 1. The van der Waals surface area contributed by atoms with E-state index in [1.807, 2.05) is 23.1 Å². The van der Waals surface area contributed by atoms with E-state index in [2.05, 4.69) is 10.6 Å². The molecule has 1 saturated heterocycles. The number of hydrogen-bond acceptors (Lipinski definition) is 3. The van der Waals surface area contributed by atoms with Crippen LogP contribution in [0.4, 0.5) is 5.69 Å². The Balaban J connectivity index is 1.57. The Kier molecular flexibility index (Phi) is 7.38. The van der Waals surface area contributed by atoms with Crippen molar-refractivity contribution in [1.82, 2.24) is 10.2 Å². The number of carbonyl (C=O) groups is 2. The number of hydrogen-bond donors (Lipinski definition) is 2.